The number of carbonyl (C=O) groups is 2. The Morgan fingerprint density at radius 3 is 2.32 bits per heavy atom. The zero-order chi connectivity index (χ0) is 26.5. The number of rotatable bonds is 9. The first-order valence-corrected chi connectivity index (χ1v) is 12.1. The van der Waals surface area contributed by atoms with Crippen molar-refractivity contribution in [3.05, 3.63) is 101 Å². The highest BCUT2D eigenvalue weighted by atomic mass is 16.5. The van der Waals surface area contributed by atoms with Crippen LogP contribution in [-0.2, 0) is 16.2 Å². The summed E-state index contributed by atoms with van der Waals surface area (Å²) in [5.74, 6) is -0.519. The third-order valence-corrected chi connectivity index (χ3v) is 6.39. The monoisotopic (exact) mass is 500 g/mol. The van der Waals surface area contributed by atoms with E-state index in [-0.39, 0.29) is 11.3 Å². The molecule has 3 aromatic rings. The van der Waals surface area contributed by atoms with Crippen molar-refractivity contribution in [3.8, 4) is 11.5 Å². The van der Waals surface area contributed by atoms with Gasteiger partial charge in [-0.05, 0) is 44.3 Å². The molecule has 1 saturated heterocycles. The molecule has 0 aromatic heterocycles. The minimum atomic E-state index is -0.765. The van der Waals surface area contributed by atoms with E-state index >= 15 is 0 Å². The van der Waals surface area contributed by atoms with Crippen molar-refractivity contribution in [3.63, 3.8) is 0 Å². The molecular formula is C30H32N2O5. The van der Waals surface area contributed by atoms with E-state index in [1.807, 2.05) is 74.4 Å². The summed E-state index contributed by atoms with van der Waals surface area (Å²) in [5.41, 5.74) is 3.23. The van der Waals surface area contributed by atoms with Crippen LogP contribution in [0.1, 0.15) is 28.3 Å². The zero-order valence-corrected chi connectivity index (χ0v) is 21.6. The van der Waals surface area contributed by atoms with Crippen LogP contribution in [0.3, 0.4) is 0 Å². The standard InChI is InChI=1S/C30H32N2O5/c1-20-10-12-22(13-11-20)28(33)26-27(32(17-16-31(2)3)30(35)29(26)34)23-14-15-24(25(18-23)36-4)37-19-21-8-6-5-7-9-21/h5-15,18,27,33H,16-17,19H2,1-4H3/b28-26+. The van der Waals surface area contributed by atoms with Gasteiger partial charge in [-0.1, -0.05) is 66.2 Å². The molecule has 1 heterocycles. The fraction of sp³-hybridized carbons (Fsp3) is 0.267. The van der Waals surface area contributed by atoms with Crippen LogP contribution >= 0.6 is 0 Å². The molecule has 4 rings (SSSR count). The van der Waals surface area contributed by atoms with Crippen molar-refractivity contribution in [2.45, 2.75) is 19.6 Å². The Bertz CT molecular complexity index is 1300. The second kappa shape index (κ2) is 11.3. The highest BCUT2D eigenvalue weighted by Crippen LogP contribution is 2.42. The lowest BCUT2D eigenvalue weighted by Gasteiger charge is -2.27. The molecule has 0 bridgehead atoms. The molecule has 192 valence electrons. The summed E-state index contributed by atoms with van der Waals surface area (Å²) in [6.07, 6.45) is 0. The summed E-state index contributed by atoms with van der Waals surface area (Å²) in [7, 11) is 5.35. The average molecular weight is 501 g/mol. The molecule has 37 heavy (non-hydrogen) atoms. The van der Waals surface area contributed by atoms with E-state index in [0.717, 1.165) is 11.1 Å². The minimum absolute atomic E-state index is 0.0626. The Kier molecular flexibility index (Phi) is 7.94. The predicted molar refractivity (Wildman–Crippen MR) is 143 cm³/mol. The van der Waals surface area contributed by atoms with Gasteiger partial charge in [0.05, 0.1) is 18.7 Å². The van der Waals surface area contributed by atoms with E-state index in [1.54, 1.807) is 31.4 Å². The molecule has 1 N–H and O–H groups in total. The van der Waals surface area contributed by atoms with Crippen molar-refractivity contribution in [1.82, 2.24) is 9.80 Å². The molecule has 0 aliphatic carbocycles. The molecular weight excluding hydrogens is 468 g/mol. The predicted octanol–water partition coefficient (Wildman–Crippen LogP) is 4.57. The lowest BCUT2D eigenvalue weighted by atomic mass is 9.94. The Morgan fingerprint density at radius 1 is 0.973 bits per heavy atom. The van der Waals surface area contributed by atoms with Gasteiger partial charge in [0.15, 0.2) is 11.5 Å². The minimum Gasteiger partial charge on any atom is -0.507 e. The number of benzene rings is 3. The van der Waals surface area contributed by atoms with Crippen molar-refractivity contribution in [2.75, 3.05) is 34.3 Å². The summed E-state index contributed by atoms with van der Waals surface area (Å²) in [4.78, 5) is 29.8. The van der Waals surface area contributed by atoms with Gasteiger partial charge in [0.2, 0.25) is 0 Å². The number of likely N-dealkylation sites (N-methyl/N-ethyl adjacent to an activating group) is 1. The number of Topliss-reactive ketones (excluding diaryl/α,β-unsaturated/α-hetero) is 1. The van der Waals surface area contributed by atoms with Gasteiger partial charge in [0.1, 0.15) is 12.4 Å². The normalized spacial score (nSPS) is 16.9. The SMILES string of the molecule is COc1cc(C2/C(=C(\O)c3ccc(C)cc3)C(=O)C(=O)N2CCN(C)C)ccc1OCc1ccccc1. The quantitative estimate of drug-likeness (QED) is 0.264. The Morgan fingerprint density at radius 2 is 1.68 bits per heavy atom. The van der Waals surface area contributed by atoms with Gasteiger partial charge in [0.25, 0.3) is 11.7 Å². The van der Waals surface area contributed by atoms with Gasteiger partial charge in [-0.3, -0.25) is 9.59 Å². The molecule has 7 nitrogen and oxygen atoms in total. The van der Waals surface area contributed by atoms with Crippen LogP contribution < -0.4 is 9.47 Å². The molecule has 0 spiro atoms. The number of likely N-dealkylation sites (tertiary alicyclic amines) is 1. The largest absolute Gasteiger partial charge is 0.507 e. The van der Waals surface area contributed by atoms with Crippen LogP contribution in [0.2, 0.25) is 0 Å². The van der Waals surface area contributed by atoms with Crippen LogP contribution in [0, 0.1) is 6.92 Å². The number of hydrogen-bond acceptors (Lipinski definition) is 6. The summed E-state index contributed by atoms with van der Waals surface area (Å²) in [6, 6.07) is 21.6. The number of aryl methyl sites for hydroxylation is 1. The summed E-state index contributed by atoms with van der Waals surface area (Å²) >= 11 is 0. The van der Waals surface area contributed by atoms with Gasteiger partial charge >= 0.3 is 0 Å². The smallest absolute Gasteiger partial charge is 0.295 e. The number of ketones is 1. The van der Waals surface area contributed by atoms with Gasteiger partial charge < -0.3 is 24.4 Å². The molecule has 1 amide bonds. The summed E-state index contributed by atoms with van der Waals surface area (Å²) in [5, 5.41) is 11.2. The number of aliphatic hydroxyl groups excluding tert-OH is 1. The molecule has 0 saturated carbocycles. The van der Waals surface area contributed by atoms with E-state index in [1.165, 1.54) is 4.90 Å². The average Bonchev–Trinajstić information content (AvgIpc) is 3.16. The number of nitrogens with zero attached hydrogens (tertiary/aromatic N) is 2. The third-order valence-electron chi connectivity index (χ3n) is 6.39. The molecule has 0 radical (unpaired) electrons. The highest BCUT2D eigenvalue weighted by Gasteiger charge is 2.46. The van der Waals surface area contributed by atoms with Crippen LogP contribution in [0.15, 0.2) is 78.4 Å². The second-order valence-electron chi connectivity index (χ2n) is 9.35. The van der Waals surface area contributed by atoms with Gasteiger partial charge in [-0.15, -0.1) is 0 Å². The molecule has 1 unspecified atom stereocenters. The van der Waals surface area contributed by atoms with Crippen molar-refractivity contribution < 1.29 is 24.2 Å². The topological polar surface area (TPSA) is 79.3 Å². The number of methoxy groups -OCH3 is 1. The summed E-state index contributed by atoms with van der Waals surface area (Å²) in [6.45, 7) is 3.19. The molecule has 1 aliphatic heterocycles. The van der Waals surface area contributed by atoms with E-state index in [2.05, 4.69) is 0 Å². The van der Waals surface area contributed by atoms with E-state index in [0.29, 0.717) is 42.3 Å². The number of carbonyl (C=O) groups excluding carboxylic acids is 2. The molecule has 1 aliphatic rings. The first kappa shape index (κ1) is 26.0. The third kappa shape index (κ3) is 5.67. The maximum Gasteiger partial charge on any atom is 0.295 e. The highest BCUT2D eigenvalue weighted by molar-refractivity contribution is 6.46. The molecule has 1 atom stereocenters. The van der Waals surface area contributed by atoms with Gasteiger partial charge in [-0.25, -0.2) is 0 Å². The lowest BCUT2D eigenvalue weighted by molar-refractivity contribution is -0.140. The van der Waals surface area contributed by atoms with Crippen molar-refractivity contribution >= 4 is 17.4 Å². The molecule has 1 fully saturated rings. The Hall–Kier alpha value is -4.10. The van der Waals surface area contributed by atoms with Crippen LogP contribution in [0.4, 0.5) is 0 Å². The van der Waals surface area contributed by atoms with Gasteiger partial charge in [0, 0.05) is 18.7 Å². The number of hydrogen-bond donors (Lipinski definition) is 1. The fourth-order valence-electron chi connectivity index (χ4n) is 4.34. The van der Waals surface area contributed by atoms with E-state index < -0.39 is 17.7 Å². The van der Waals surface area contributed by atoms with E-state index in [9.17, 15) is 14.7 Å². The second-order valence-corrected chi connectivity index (χ2v) is 9.35. The number of ether oxygens (including phenoxy) is 2. The fourth-order valence-corrected chi connectivity index (χ4v) is 4.34. The Balaban J connectivity index is 1.75. The van der Waals surface area contributed by atoms with Crippen LogP contribution in [0.25, 0.3) is 5.76 Å². The maximum atomic E-state index is 13.2. The van der Waals surface area contributed by atoms with Crippen LogP contribution in [-0.4, -0.2) is 60.9 Å². The first-order valence-electron chi connectivity index (χ1n) is 12.1. The lowest BCUT2D eigenvalue weighted by Crippen LogP contribution is -2.35. The molecule has 7 heteroatoms. The van der Waals surface area contributed by atoms with Crippen LogP contribution in [0.5, 0.6) is 11.5 Å². The van der Waals surface area contributed by atoms with E-state index in [4.69, 9.17) is 9.47 Å². The first-order chi connectivity index (χ1) is 17.8. The maximum absolute atomic E-state index is 13.2. The Labute approximate surface area is 217 Å². The zero-order valence-electron chi connectivity index (χ0n) is 21.6. The number of aliphatic hydroxyl groups is 1. The number of amides is 1. The van der Waals surface area contributed by atoms with Gasteiger partial charge in [-0.2, -0.15) is 0 Å². The van der Waals surface area contributed by atoms with Crippen molar-refractivity contribution in [1.29, 1.82) is 0 Å². The van der Waals surface area contributed by atoms with Crippen molar-refractivity contribution in [2.24, 2.45) is 0 Å². The molecule has 3 aromatic carbocycles. The summed E-state index contributed by atoms with van der Waals surface area (Å²) < 4.78 is 11.6.